The third kappa shape index (κ3) is 2.75. The highest BCUT2D eigenvalue weighted by Crippen LogP contribution is 2.42. The molecule has 19 heavy (non-hydrogen) atoms. The highest BCUT2D eigenvalue weighted by molar-refractivity contribution is 5.76. The molecule has 0 radical (unpaired) electrons. The van der Waals surface area contributed by atoms with E-state index in [1.807, 2.05) is 31.2 Å². The number of carbonyl (C=O) groups excluding carboxylic acids is 1. The van der Waals surface area contributed by atoms with E-state index in [1.54, 1.807) is 0 Å². The molecule has 0 aromatic heterocycles. The Kier molecular flexibility index (Phi) is 4.13. The summed E-state index contributed by atoms with van der Waals surface area (Å²) in [6.07, 6.45) is 3.28. The minimum atomic E-state index is -0.153. The van der Waals surface area contributed by atoms with Crippen LogP contribution in [0.3, 0.4) is 0 Å². The van der Waals surface area contributed by atoms with Gasteiger partial charge in [-0.3, -0.25) is 4.79 Å². The molecule has 1 aliphatic rings. The minimum Gasteiger partial charge on any atom is -0.487 e. The van der Waals surface area contributed by atoms with Crippen molar-refractivity contribution < 1.29 is 9.53 Å². The molecule has 0 saturated carbocycles. The molecule has 104 valence electrons. The minimum absolute atomic E-state index is 0.0669. The molecule has 0 bridgehead atoms. The third-order valence-corrected chi connectivity index (χ3v) is 4.14. The SMILES string of the molecule is CCC(=O)N[C@H]1CC(CC)(CC)Oc2ccccc21. The maximum absolute atomic E-state index is 11.7. The summed E-state index contributed by atoms with van der Waals surface area (Å²) >= 11 is 0. The molecular formula is C16H23NO2. The van der Waals surface area contributed by atoms with Crippen LogP contribution in [0.15, 0.2) is 24.3 Å². The number of benzene rings is 1. The molecule has 0 saturated heterocycles. The third-order valence-electron chi connectivity index (χ3n) is 4.14. The molecule has 0 aliphatic carbocycles. The van der Waals surface area contributed by atoms with Gasteiger partial charge in [0.15, 0.2) is 0 Å². The standard InChI is InChI=1S/C16H23NO2/c1-4-15(18)17-13-11-16(5-2,6-3)19-14-10-8-7-9-12(13)14/h7-10,13H,4-6,11H2,1-3H3,(H,17,18)/t13-/m0/s1. The molecule has 3 nitrogen and oxygen atoms in total. The van der Waals surface area contributed by atoms with Crippen LogP contribution in [-0.2, 0) is 4.79 Å². The average molecular weight is 261 g/mol. The second-order valence-electron chi connectivity index (χ2n) is 5.21. The molecule has 1 atom stereocenters. The summed E-state index contributed by atoms with van der Waals surface area (Å²) in [5, 5.41) is 3.13. The van der Waals surface area contributed by atoms with Crippen molar-refractivity contribution in [1.82, 2.24) is 5.32 Å². The van der Waals surface area contributed by atoms with Crippen molar-refractivity contribution in [3.63, 3.8) is 0 Å². The van der Waals surface area contributed by atoms with Gasteiger partial charge >= 0.3 is 0 Å². The fraction of sp³-hybridized carbons (Fsp3) is 0.562. The van der Waals surface area contributed by atoms with Crippen LogP contribution in [0.1, 0.15) is 58.1 Å². The number of ether oxygens (including phenoxy) is 1. The van der Waals surface area contributed by atoms with Gasteiger partial charge in [0, 0.05) is 18.4 Å². The molecule has 1 aromatic carbocycles. The molecule has 3 heteroatoms. The maximum Gasteiger partial charge on any atom is 0.220 e. The van der Waals surface area contributed by atoms with Crippen molar-refractivity contribution in [1.29, 1.82) is 0 Å². The van der Waals surface area contributed by atoms with Gasteiger partial charge in [-0.1, -0.05) is 39.0 Å². The summed E-state index contributed by atoms with van der Waals surface area (Å²) in [5.41, 5.74) is 0.946. The summed E-state index contributed by atoms with van der Waals surface area (Å²) in [6, 6.07) is 8.10. The topological polar surface area (TPSA) is 38.3 Å². The summed E-state index contributed by atoms with van der Waals surface area (Å²) in [5.74, 6) is 1.02. The van der Waals surface area contributed by atoms with Crippen LogP contribution in [0.25, 0.3) is 0 Å². The fourth-order valence-electron chi connectivity index (χ4n) is 2.73. The fourth-order valence-corrected chi connectivity index (χ4v) is 2.73. The van der Waals surface area contributed by atoms with Crippen molar-refractivity contribution >= 4 is 5.91 Å². The zero-order chi connectivity index (χ0) is 13.9. The van der Waals surface area contributed by atoms with E-state index in [2.05, 4.69) is 19.2 Å². The van der Waals surface area contributed by atoms with Crippen LogP contribution in [0, 0.1) is 0 Å². The molecule has 0 spiro atoms. The van der Waals surface area contributed by atoms with Gasteiger partial charge in [-0.05, 0) is 18.9 Å². The first-order valence-electron chi connectivity index (χ1n) is 7.21. The first-order chi connectivity index (χ1) is 9.14. The highest BCUT2D eigenvalue weighted by atomic mass is 16.5. The molecule has 2 rings (SSSR count). The lowest BCUT2D eigenvalue weighted by molar-refractivity contribution is -0.122. The lowest BCUT2D eigenvalue weighted by atomic mass is 9.83. The monoisotopic (exact) mass is 261 g/mol. The molecule has 1 amide bonds. The van der Waals surface area contributed by atoms with Crippen LogP contribution in [-0.4, -0.2) is 11.5 Å². The zero-order valence-electron chi connectivity index (χ0n) is 12.0. The number of nitrogens with one attached hydrogen (secondary N) is 1. The smallest absolute Gasteiger partial charge is 0.220 e. The molecule has 1 N–H and O–H groups in total. The molecular weight excluding hydrogens is 238 g/mol. The largest absolute Gasteiger partial charge is 0.487 e. The molecule has 0 unspecified atom stereocenters. The molecule has 1 aliphatic heterocycles. The van der Waals surface area contributed by atoms with Crippen LogP contribution < -0.4 is 10.1 Å². The molecule has 1 heterocycles. The summed E-state index contributed by atoms with van der Waals surface area (Å²) < 4.78 is 6.21. The van der Waals surface area contributed by atoms with E-state index in [-0.39, 0.29) is 17.6 Å². The van der Waals surface area contributed by atoms with Crippen molar-refractivity contribution in [2.75, 3.05) is 0 Å². The Morgan fingerprint density at radius 3 is 2.63 bits per heavy atom. The van der Waals surface area contributed by atoms with Crippen molar-refractivity contribution in [3.8, 4) is 5.75 Å². The Hall–Kier alpha value is -1.51. The number of carbonyl (C=O) groups is 1. The van der Waals surface area contributed by atoms with Gasteiger partial charge < -0.3 is 10.1 Å². The zero-order valence-corrected chi connectivity index (χ0v) is 12.0. The second kappa shape index (κ2) is 5.64. The van der Waals surface area contributed by atoms with Gasteiger partial charge in [-0.25, -0.2) is 0 Å². The Balaban J connectivity index is 2.33. The van der Waals surface area contributed by atoms with E-state index in [0.29, 0.717) is 6.42 Å². The first kappa shape index (κ1) is 13.9. The predicted molar refractivity (Wildman–Crippen MR) is 76.2 cm³/mol. The lowest BCUT2D eigenvalue weighted by Gasteiger charge is -2.41. The normalized spacial score (nSPS) is 20.3. The average Bonchev–Trinajstić information content (AvgIpc) is 2.46. The van der Waals surface area contributed by atoms with Crippen LogP contribution in [0.4, 0.5) is 0 Å². The summed E-state index contributed by atoms with van der Waals surface area (Å²) in [6.45, 7) is 6.18. The Bertz CT molecular complexity index is 452. The number of fused-ring (bicyclic) bond motifs is 1. The Labute approximate surface area is 115 Å². The Morgan fingerprint density at radius 1 is 1.32 bits per heavy atom. The van der Waals surface area contributed by atoms with Crippen LogP contribution in [0.5, 0.6) is 5.75 Å². The molecule has 1 aromatic rings. The van der Waals surface area contributed by atoms with Gasteiger partial charge in [0.1, 0.15) is 11.4 Å². The number of amides is 1. The second-order valence-corrected chi connectivity index (χ2v) is 5.21. The first-order valence-corrected chi connectivity index (χ1v) is 7.21. The van der Waals surface area contributed by atoms with Gasteiger partial charge in [0.25, 0.3) is 0 Å². The number of para-hydroxylation sites is 1. The lowest BCUT2D eigenvalue weighted by Crippen LogP contribution is -2.44. The van der Waals surface area contributed by atoms with Crippen LogP contribution in [0.2, 0.25) is 0 Å². The number of hydrogen-bond acceptors (Lipinski definition) is 2. The van der Waals surface area contributed by atoms with Gasteiger partial charge in [0.2, 0.25) is 5.91 Å². The highest BCUT2D eigenvalue weighted by Gasteiger charge is 2.38. The van der Waals surface area contributed by atoms with Gasteiger partial charge in [-0.2, -0.15) is 0 Å². The van der Waals surface area contributed by atoms with Crippen molar-refractivity contribution in [3.05, 3.63) is 29.8 Å². The molecule has 0 fully saturated rings. The van der Waals surface area contributed by atoms with Gasteiger partial charge in [-0.15, -0.1) is 0 Å². The summed E-state index contributed by atoms with van der Waals surface area (Å²) in [4.78, 5) is 11.7. The predicted octanol–water partition coefficient (Wildman–Crippen LogP) is 3.60. The van der Waals surface area contributed by atoms with E-state index < -0.39 is 0 Å². The quantitative estimate of drug-likeness (QED) is 0.899. The van der Waals surface area contributed by atoms with E-state index >= 15 is 0 Å². The number of rotatable bonds is 4. The van der Waals surface area contributed by atoms with Gasteiger partial charge in [0.05, 0.1) is 6.04 Å². The number of hydrogen-bond donors (Lipinski definition) is 1. The van der Waals surface area contributed by atoms with E-state index in [1.165, 1.54) is 0 Å². The van der Waals surface area contributed by atoms with E-state index in [9.17, 15) is 4.79 Å². The summed E-state index contributed by atoms with van der Waals surface area (Å²) in [7, 11) is 0. The Morgan fingerprint density at radius 2 is 2.00 bits per heavy atom. The van der Waals surface area contributed by atoms with E-state index in [4.69, 9.17) is 4.74 Å². The van der Waals surface area contributed by atoms with Crippen molar-refractivity contribution in [2.24, 2.45) is 0 Å². The maximum atomic E-state index is 11.7. The van der Waals surface area contributed by atoms with Crippen molar-refractivity contribution in [2.45, 2.75) is 58.1 Å². The van der Waals surface area contributed by atoms with Crippen LogP contribution >= 0.6 is 0 Å². The van der Waals surface area contributed by atoms with E-state index in [0.717, 1.165) is 30.6 Å².